The van der Waals surface area contributed by atoms with E-state index in [1.807, 2.05) is 0 Å². The minimum absolute atomic E-state index is 0.0213. The monoisotopic (exact) mass is 344 g/mol. The first-order valence-electron chi connectivity index (χ1n) is 7.89. The van der Waals surface area contributed by atoms with E-state index in [2.05, 4.69) is 0 Å². The number of hydrogen-bond donors (Lipinski definition) is 2. The maximum absolute atomic E-state index is 12.8. The predicted octanol–water partition coefficient (Wildman–Crippen LogP) is 2.86. The first kappa shape index (κ1) is 17.0. The quantitative estimate of drug-likeness (QED) is 0.887. The maximum atomic E-state index is 12.8. The van der Waals surface area contributed by atoms with Crippen LogP contribution in [0.5, 0.6) is 28.7 Å². The molecule has 0 saturated carbocycles. The number of rotatable bonds is 4. The summed E-state index contributed by atoms with van der Waals surface area (Å²) in [5.41, 5.74) is 1.47. The van der Waals surface area contributed by atoms with E-state index >= 15 is 0 Å². The van der Waals surface area contributed by atoms with Crippen LogP contribution in [0, 0.1) is 12.8 Å². The van der Waals surface area contributed by atoms with Crippen LogP contribution in [0.15, 0.2) is 24.3 Å². The Hall–Kier alpha value is -2.89. The highest BCUT2D eigenvalue weighted by atomic mass is 16.5. The number of methoxy groups -OCH3 is 2. The third-order valence-electron chi connectivity index (χ3n) is 4.47. The van der Waals surface area contributed by atoms with Crippen molar-refractivity contribution in [3.05, 3.63) is 41.0 Å². The highest BCUT2D eigenvalue weighted by molar-refractivity contribution is 6.04. The molecule has 6 heteroatoms. The molecule has 1 heterocycles. The van der Waals surface area contributed by atoms with Crippen molar-refractivity contribution in [2.75, 3.05) is 20.8 Å². The molecule has 6 nitrogen and oxygen atoms in total. The van der Waals surface area contributed by atoms with Gasteiger partial charge in [0.25, 0.3) is 0 Å². The van der Waals surface area contributed by atoms with Gasteiger partial charge in [0, 0.05) is 11.6 Å². The molecule has 0 aliphatic carbocycles. The molecule has 25 heavy (non-hydrogen) atoms. The predicted molar refractivity (Wildman–Crippen MR) is 91.1 cm³/mol. The van der Waals surface area contributed by atoms with Crippen LogP contribution in [0.3, 0.4) is 0 Å². The third-order valence-corrected chi connectivity index (χ3v) is 4.47. The average Bonchev–Trinajstić information content (AvgIpc) is 2.60. The summed E-state index contributed by atoms with van der Waals surface area (Å²) in [5, 5.41) is 20.3. The number of benzene rings is 2. The fourth-order valence-corrected chi connectivity index (χ4v) is 3.05. The fraction of sp³-hybridized carbons (Fsp3) is 0.316. The molecule has 1 atom stereocenters. The Labute approximate surface area is 145 Å². The van der Waals surface area contributed by atoms with Gasteiger partial charge in [-0.2, -0.15) is 0 Å². The van der Waals surface area contributed by atoms with Gasteiger partial charge in [0.1, 0.15) is 22.8 Å². The molecule has 1 aliphatic heterocycles. The summed E-state index contributed by atoms with van der Waals surface area (Å²) in [6, 6.07) is 6.64. The maximum Gasteiger partial charge on any atom is 0.177 e. The van der Waals surface area contributed by atoms with Crippen LogP contribution in [0.1, 0.15) is 21.5 Å². The average molecular weight is 344 g/mol. The minimum Gasteiger partial charge on any atom is -0.507 e. The van der Waals surface area contributed by atoms with Gasteiger partial charge < -0.3 is 24.4 Å². The Bertz CT molecular complexity index is 827. The number of phenols is 2. The fourth-order valence-electron chi connectivity index (χ4n) is 3.05. The van der Waals surface area contributed by atoms with E-state index in [4.69, 9.17) is 14.2 Å². The minimum atomic E-state index is -0.445. The number of aromatic hydroxyl groups is 2. The normalized spacial score (nSPS) is 16.1. The van der Waals surface area contributed by atoms with Gasteiger partial charge in [-0.15, -0.1) is 0 Å². The van der Waals surface area contributed by atoms with Crippen molar-refractivity contribution in [2.45, 2.75) is 13.3 Å². The Balaban J connectivity index is 1.89. The van der Waals surface area contributed by atoms with Crippen molar-refractivity contribution in [2.24, 2.45) is 5.92 Å². The summed E-state index contributed by atoms with van der Waals surface area (Å²) < 4.78 is 15.9. The molecule has 0 spiro atoms. The molecule has 2 aromatic carbocycles. The highest BCUT2D eigenvalue weighted by Crippen LogP contribution is 2.42. The van der Waals surface area contributed by atoms with Crippen LogP contribution in [-0.2, 0) is 6.42 Å². The van der Waals surface area contributed by atoms with Gasteiger partial charge in [0.05, 0.1) is 26.7 Å². The lowest BCUT2D eigenvalue weighted by Gasteiger charge is -2.26. The van der Waals surface area contributed by atoms with Gasteiger partial charge >= 0.3 is 0 Å². The Morgan fingerprint density at radius 3 is 2.52 bits per heavy atom. The van der Waals surface area contributed by atoms with E-state index in [1.54, 1.807) is 31.2 Å². The smallest absolute Gasteiger partial charge is 0.177 e. The third kappa shape index (κ3) is 2.95. The number of fused-ring (bicyclic) bond motifs is 1. The number of hydrogen-bond acceptors (Lipinski definition) is 6. The second kappa shape index (κ2) is 6.55. The van der Waals surface area contributed by atoms with Crippen molar-refractivity contribution in [1.29, 1.82) is 0 Å². The Morgan fingerprint density at radius 1 is 1.16 bits per heavy atom. The van der Waals surface area contributed by atoms with Crippen LogP contribution in [0.2, 0.25) is 0 Å². The molecule has 0 radical (unpaired) electrons. The van der Waals surface area contributed by atoms with Crippen molar-refractivity contribution < 1.29 is 29.2 Å². The molecule has 132 valence electrons. The molecule has 0 fully saturated rings. The first-order valence-corrected chi connectivity index (χ1v) is 7.89. The van der Waals surface area contributed by atoms with E-state index in [0.29, 0.717) is 29.2 Å². The number of ether oxygens (including phenoxy) is 3. The summed E-state index contributed by atoms with van der Waals surface area (Å²) in [5.74, 6) is 0.468. The van der Waals surface area contributed by atoms with E-state index < -0.39 is 5.92 Å². The van der Waals surface area contributed by atoms with E-state index in [0.717, 1.165) is 5.56 Å². The summed E-state index contributed by atoms with van der Waals surface area (Å²) in [7, 11) is 2.97. The molecule has 3 rings (SSSR count). The number of carbonyl (C=O) groups excluding carboxylic acids is 1. The van der Waals surface area contributed by atoms with Crippen molar-refractivity contribution in [3.8, 4) is 28.7 Å². The highest BCUT2D eigenvalue weighted by Gasteiger charge is 2.33. The molecular weight excluding hydrogens is 324 g/mol. The molecule has 2 N–H and O–H groups in total. The lowest BCUT2D eigenvalue weighted by atomic mass is 9.88. The topological polar surface area (TPSA) is 85.2 Å². The number of carbonyl (C=O) groups is 1. The second-order valence-corrected chi connectivity index (χ2v) is 6.01. The van der Waals surface area contributed by atoms with Gasteiger partial charge in [0.15, 0.2) is 17.3 Å². The number of Topliss-reactive ketones (excluding diaryl/α,β-unsaturated/α-hetero) is 1. The van der Waals surface area contributed by atoms with E-state index in [9.17, 15) is 15.0 Å². The van der Waals surface area contributed by atoms with Crippen LogP contribution in [-0.4, -0.2) is 36.8 Å². The molecule has 0 aromatic heterocycles. The largest absolute Gasteiger partial charge is 0.507 e. The van der Waals surface area contributed by atoms with Crippen LogP contribution >= 0.6 is 0 Å². The summed E-state index contributed by atoms with van der Waals surface area (Å²) in [4.78, 5) is 12.8. The Kier molecular flexibility index (Phi) is 4.44. The van der Waals surface area contributed by atoms with Crippen LogP contribution < -0.4 is 14.2 Å². The lowest BCUT2D eigenvalue weighted by Crippen LogP contribution is -2.29. The zero-order valence-corrected chi connectivity index (χ0v) is 14.3. The zero-order chi connectivity index (χ0) is 18.1. The van der Waals surface area contributed by atoms with Crippen molar-refractivity contribution >= 4 is 5.78 Å². The van der Waals surface area contributed by atoms with Crippen LogP contribution in [0.25, 0.3) is 0 Å². The summed E-state index contributed by atoms with van der Waals surface area (Å²) >= 11 is 0. The van der Waals surface area contributed by atoms with E-state index in [1.165, 1.54) is 14.2 Å². The molecule has 0 bridgehead atoms. The second-order valence-electron chi connectivity index (χ2n) is 6.01. The Morgan fingerprint density at radius 2 is 1.88 bits per heavy atom. The molecule has 1 unspecified atom stereocenters. The number of phenolic OH excluding ortho intramolecular Hbond substituents is 2. The van der Waals surface area contributed by atoms with Crippen molar-refractivity contribution in [1.82, 2.24) is 0 Å². The SMILES string of the molecule is COc1ccc(CC2COc3cc(OC)c(C)c(O)c3C2=O)cc1O. The molecule has 0 saturated heterocycles. The van der Waals surface area contributed by atoms with Gasteiger partial charge in [-0.05, 0) is 31.0 Å². The van der Waals surface area contributed by atoms with E-state index in [-0.39, 0.29) is 29.5 Å². The van der Waals surface area contributed by atoms with Crippen LogP contribution in [0.4, 0.5) is 0 Å². The standard InChI is InChI=1S/C19H20O6/c1-10-15(24-3)8-16-17(18(10)21)19(22)12(9-25-16)6-11-4-5-14(23-2)13(20)7-11/h4-5,7-8,12,20-21H,6,9H2,1-3H3. The van der Waals surface area contributed by atoms with Gasteiger partial charge in [0.2, 0.25) is 0 Å². The lowest BCUT2D eigenvalue weighted by molar-refractivity contribution is 0.0825. The molecule has 0 amide bonds. The van der Waals surface area contributed by atoms with Crippen molar-refractivity contribution in [3.63, 3.8) is 0 Å². The molecule has 2 aromatic rings. The summed E-state index contributed by atoms with van der Waals surface area (Å²) in [6.45, 7) is 1.89. The zero-order valence-electron chi connectivity index (χ0n) is 14.3. The van der Waals surface area contributed by atoms with Gasteiger partial charge in [-0.1, -0.05) is 6.07 Å². The first-order chi connectivity index (χ1) is 12.0. The molecule has 1 aliphatic rings. The van der Waals surface area contributed by atoms with Gasteiger partial charge in [-0.25, -0.2) is 0 Å². The molecular formula is C19H20O6. The van der Waals surface area contributed by atoms with Gasteiger partial charge in [-0.3, -0.25) is 4.79 Å². The number of ketones is 1. The summed E-state index contributed by atoms with van der Waals surface area (Å²) in [6.07, 6.45) is 0.389.